The summed E-state index contributed by atoms with van der Waals surface area (Å²) < 4.78 is 1.14. The number of thiazole rings is 1. The van der Waals surface area contributed by atoms with Gasteiger partial charge in [-0.1, -0.05) is 22.9 Å². The van der Waals surface area contributed by atoms with Crippen LogP contribution in [0.4, 0.5) is 5.13 Å². The summed E-state index contributed by atoms with van der Waals surface area (Å²) in [4.78, 5) is 6.98. The van der Waals surface area contributed by atoms with E-state index in [1.807, 2.05) is 23.2 Å². The predicted molar refractivity (Wildman–Crippen MR) is 77.2 cm³/mol. The van der Waals surface area contributed by atoms with Crippen molar-refractivity contribution in [2.24, 2.45) is 5.84 Å². The van der Waals surface area contributed by atoms with Gasteiger partial charge in [0.2, 0.25) is 0 Å². The molecule has 1 aromatic carbocycles. The molecule has 0 radical (unpaired) electrons. The number of fused-ring (bicyclic) bond motifs is 1. The molecule has 0 atom stereocenters. The lowest BCUT2D eigenvalue weighted by molar-refractivity contribution is 0.305. The molecule has 0 unspecified atom stereocenters. The van der Waals surface area contributed by atoms with Crippen molar-refractivity contribution in [3.8, 4) is 0 Å². The standard InChI is InChI=1S/C12H15ClN4S/c13-9-2-3-10-11(8-9)18-12(15-10)16-4-1-5-17(14)7-6-16/h2-3,8H,1,4-7,14H2. The van der Waals surface area contributed by atoms with Crippen molar-refractivity contribution in [3.63, 3.8) is 0 Å². The summed E-state index contributed by atoms with van der Waals surface area (Å²) in [5.41, 5.74) is 1.02. The summed E-state index contributed by atoms with van der Waals surface area (Å²) in [6.07, 6.45) is 1.08. The molecule has 4 nitrogen and oxygen atoms in total. The van der Waals surface area contributed by atoms with E-state index in [4.69, 9.17) is 17.4 Å². The number of hydrazine groups is 1. The fraction of sp³-hybridized carbons (Fsp3) is 0.417. The third-order valence-corrected chi connectivity index (χ3v) is 4.45. The molecule has 0 bridgehead atoms. The van der Waals surface area contributed by atoms with Gasteiger partial charge in [0.05, 0.1) is 10.2 Å². The first-order valence-corrected chi connectivity index (χ1v) is 7.22. The highest BCUT2D eigenvalue weighted by Crippen LogP contribution is 2.30. The Balaban J connectivity index is 1.89. The highest BCUT2D eigenvalue weighted by molar-refractivity contribution is 7.22. The molecule has 0 amide bonds. The number of hydrogen-bond donors (Lipinski definition) is 1. The van der Waals surface area contributed by atoms with Crippen molar-refractivity contribution in [1.29, 1.82) is 0 Å². The van der Waals surface area contributed by atoms with Crippen LogP contribution >= 0.6 is 22.9 Å². The van der Waals surface area contributed by atoms with Gasteiger partial charge in [0, 0.05) is 31.2 Å². The maximum absolute atomic E-state index is 6.00. The smallest absolute Gasteiger partial charge is 0.186 e. The van der Waals surface area contributed by atoms with Crippen LogP contribution in [0.25, 0.3) is 10.2 Å². The van der Waals surface area contributed by atoms with Crippen molar-refractivity contribution in [1.82, 2.24) is 9.99 Å². The molecule has 1 saturated heterocycles. The van der Waals surface area contributed by atoms with E-state index in [0.717, 1.165) is 53.0 Å². The Labute approximate surface area is 115 Å². The van der Waals surface area contributed by atoms with E-state index in [0.29, 0.717) is 0 Å². The summed E-state index contributed by atoms with van der Waals surface area (Å²) in [5.74, 6) is 5.84. The Bertz CT molecular complexity index is 556. The second kappa shape index (κ2) is 5.01. The van der Waals surface area contributed by atoms with Gasteiger partial charge in [0.25, 0.3) is 0 Å². The summed E-state index contributed by atoms with van der Waals surface area (Å²) in [6, 6.07) is 5.84. The Morgan fingerprint density at radius 3 is 3.00 bits per heavy atom. The van der Waals surface area contributed by atoms with Crippen LogP contribution in [0.15, 0.2) is 18.2 Å². The van der Waals surface area contributed by atoms with E-state index in [9.17, 15) is 0 Å². The molecule has 6 heteroatoms. The van der Waals surface area contributed by atoms with E-state index in [1.165, 1.54) is 0 Å². The van der Waals surface area contributed by atoms with E-state index in [2.05, 4.69) is 9.88 Å². The van der Waals surface area contributed by atoms with Crippen LogP contribution in [0.1, 0.15) is 6.42 Å². The molecule has 18 heavy (non-hydrogen) atoms. The molecule has 2 aromatic rings. The van der Waals surface area contributed by atoms with Crippen molar-refractivity contribution in [2.45, 2.75) is 6.42 Å². The average molecular weight is 283 g/mol. The molecular weight excluding hydrogens is 268 g/mol. The molecule has 96 valence electrons. The first-order valence-electron chi connectivity index (χ1n) is 6.03. The Hall–Kier alpha value is -0.880. The highest BCUT2D eigenvalue weighted by atomic mass is 35.5. The molecule has 1 aliphatic rings. The topological polar surface area (TPSA) is 45.4 Å². The van der Waals surface area contributed by atoms with Crippen LogP contribution in [0.2, 0.25) is 5.02 Å². The van der Waals surface area contributed by atoms with Crippen molar-refractivity contribution < 1.29 is 0 Å². The molecule has 0 spiro atoms. The van der Waals surface area contributed by atoms with Gasteiger partial charge in [-0.3, -0.25) is 5.84 Å². The van der Waals surface area contributed by atoms with Gasteiger partial charge in [-0.25, -0.2) is 9.99 Å². The lowest BCUT2D eigenvalue weighted by Gasteiger charge is -2.18. The summed E-state index contributed by atoms with van der Waals surface area (Å²) in [6.45, 7) is 3.79. The normalized spacial score (nSPS) is 18.2. The zero-order chi connectivity index (χ0) is 12.5. The monoisotopic (exact) mass is 282 g/mol. The molecule has 1 aliphatic heterocycles. The number of aromatic nitrogens is 1. The van der Waals surface area contributed by atoms with E-state index in [-0.39, 0.29) is 0 Å². The third kappa shape index (κ3) is 2.44. The number of benzene rings is 1. The van der Waals surface area contributed by atoms with Gasteiger partial charge >= 0.3 is 0 Å². The quantitative estimate of drug-likeness (QED) is 0.816. The fourth-order valence-electron chi connectivity index (χ4n) is 2.15. The molecular formula is C12H15ClN4S. The summed E-state index contributed by atoms with van der Waals surface area (Å²) >= 11 is 7.70. The van der Waals surface area contributed by atoms with E-state index < -0.39 is 0 Å². The number of nitrogens with two attached hydrogens (primary N) is 1. The van der Waals surface area contributed by atoms with Gasteiger partial charge in [-0.05, 0) is 24.6 Å². The van der Waals surface area contributed by atoms with Gasteiger partial charge < -0.3 is 4.90 Å². The number of halogens is 1. The minimum absolute atomic E-state index is 0.765. The molecule has 2 heterocycles. The van der Waals surface area contributed by atoms with E-state index in [1.54, 1.807) is 11.3 Å². The second-order valence-corrected chi connectivity index (χ2v) is 5.93. The maximum atomic E-state index is 6.00. The summed E-state index contributed by atoms with van der Waals surface area (Å²) in [5, 5.41) is 3.72. The lowest BCUT2D eigenvalue weighted by Crippen LogP contribution is -2.35. The lowest BCUT2D eigenvalue weighted by atomic mass is 10.3. The molecule has 1 fully saturated rings. The van der Waals surface area contributed by atoms with Crippen LogP contribution in [0.5, 0.6) is 0 Å². The van der Waals surface area contributed by atoms with Crippen molar-refractivity contribution >= 4 is 38.3 Å². The fourth-order valence-corrected chi connectivity index (χ4v) is 3.44. The van der Waals surface area contributed by atoms with Crippen molar-refractivity contribution in [2.75, 3.05) is 31.1 Å². The van der Waals surface area contributed by atoms with Crippen LogP contribution in [-0.2, 0) is 0 Å². The summed E-state index contributed by atoms with van der Waals surface area (Å²) in [7, 11) is 0. The Morgan fingerprint density at radius 2 is 2.11 bits per heavy atom. The molecule has 1 aromatic heterocycles. The third-order valence-electron chi connectivity index (χ3n) is 3.14. The SMILES string of the molecule is NN1CCCN(c2nc3ccc(Cl)cc3s2)CC1. The number of anilines is 1. The first-order chi connectivity index (χ1) is 8.72. The van der Waals surface area contributed by atoms with Gasteiger partial charge in [0.15, 0.2) is 5.13 Å². The van der Waals surface area contributed by atoms with Gasteiger partial charge in [0.1, 0.15) is 0 Å². The number of hydrogen-bond acceptors (Lipinski definition) is 5. The minimum Gasteiger partial charge on any atom is -0.347 e. The van der Waals surface area contributed by atoms with Crippen LogP contribution in [0, 0.1) is 0 Å². The average Bonchev–Trinajstić information content (AvgIpc) is 2.63. The first kappa shape index (κ1) is 12.2. The highest BCUT2D eigenvalue weighted by Gasteiger charge is 2.16. The van der Waals surface area contributed by atoms with Gasteiger partial charge in [-0.15, -0.1) is 0 Å². The molecule has 3 rings (SSSR count). The Kier molecular flexibility index (Phi) is 3.39. The van der Waals surface area contributed by atoms with Crippen LogP contribution in [-0.4, -0.2) is 36.2 Å². The number of rotatable bonds is 1. The number of nitrogens with zero attached hydrogens (tertiary/aromatic N) is 3. The van der Waals surface area contributed by atoms with Gasteiger partial charge in [-0.2, -0.15) is 0 Å². The second-order valence-electron chi connectivity index (χ2n) is 4.49. The predicted octanol–water partition coefficient (Wildman–Crippen LogP) is 2.34. The van der Waals surface area contributed by atoms with Crippen molar-refractivity contribution in [3.05, 3.63) is 23.2 Å². The van der Waals surface area contributed by atoms with E-state index >= 15 is 0 Å². The maximum Gasteiger partial charge on any atom is 0.186 e. The molecule has 0 saturated carbocycles. The molecule has 2 N–H and O–H groups in total. The largest absolute Gasteiger partial charge is 0.347 e. The minimum atomic E-state index is 0.765. The molecule has 0 aliphatic carbocycles. The Morgan fingerprint density at radius 1 is 1.22 bits per heavy atom. The van der Waals surface area contributed by atoms with Crippen LogP contribution < -0.4 is 10.7 Å². The zero-order valence-electron chi connectivity index (χ0n) is 9.97. The zero-order valence-corrected chi connectivity index (χ0v) is 11.5. The van der Waals surface area contributed by atoms with Crippen LogP contribution in [0.3, 0.4) is 0 Å².